The molecule has 76 valence electrons. The van der Waals surface area contributed by atoms with Gasteiger partial charge in [-0.15, -0.1) is 0 Å². The Bertz CT molecular complexity index is 431. The predicted octanol–water partition coefficient (Wildman–Crippen LogP) is 0.388. The summed E-state index contributed by atoms with van der Waals surface area (Å²) < 4.78 is 5.17. The monoisotopic (exact) mass is 203 g/mol. The van der Waals surface area contributed by atoms with Crippen LogP contribution in [0.25, 0.3) is 0 Å². The average molecular weight is 203 g/mol. The second-order valence-electron chi connectivity index (χ2n) is 2.62. The number of hydrogen-bond acceptors (Lipinski definition) is 6. The van der Waals surface area contributed by atoms with Crippen LogP contribution in [0.15, 0.2) is 0 Å². The summed E-state index contributed by atoms with van der Waals surface area (Å²) in [4.78, 5) is 3.69. The molecular weight excluding hydrogens is 194 g/mol. The fraction of sp³-hybridized carbons (Fsp3) is 0.222. The maximum absolute atomic E-state index is 8.84. The third-order valence-electron chi connectivity index (χ3n) is 1.72. The molecule has 6 nitrogen and oxygen atoms in total. The number of nitrogens with zero attached hydrogens (tertiary/aromatic N) is 3. The topological polar surface area (TPSA) is 122 Å². The summed E-state index contributed by atoms with van der Waals surface area (Å²) in [5.74, 6) is 0.0439. The molecule has 0 saturated heterocycles. The molecule has 1 rings (SSSR count). The van der Waals surface area contributed by atoms with Gasteiger partial charge >= 0.3 is 0 Å². The number of ether oxygens (including phenoxy) is 1. The molecular formula is C9H9N5O. The van der Waals surface area contributed by atoms with Crippen molar-refractivity contribution in [2.24, 2.45) is 0 Å². The average Bonchev–Trinajstić information content (AvgIpc) is 2.18. The van der Waals surface area contributed by atoms with E-state index in [1.807, 2.05) is 12.1 Å². The van der Waals surface area contributed by atoms with Gasteiger partial charge in [-0.2, -0.15) is 10.5 Å². The molecule has 0 unspecified atom stereocenters. The fourth-order valence-electron chi connectivity index (χ4n) is 1.10. The van der Waals surface area contributed by atoms with Crippen molar-refractivity contribution in [1.29, 1.82) is 10.5 Å². The maximum atomic E-state index is 8.84. The van der Waals surface area contributed by atoms with E-state index in [-0.39, 0.29) is 28.5 Å². The van der Waals surface area contributed by atoms with Crippen LogP contribution in [0.3, 0.4) is 0 Å². The van der Waals surface area contributed by atoms with Crippen molar-refractivity contribution in [2.45, 2.75) is 6.92 Å². The van der Waals surface area contributed by atoms with Gasteiger partial charge in [-0.25, -0.2) is 4.98 Å². The zero-order valence-electron chi connectivity index (χ0n) is 8.11. The molecule has 4 N–H and O–H groups in total. The molecule has 0 bridgehead atoms. The lowest BCUT2D eigenvalue weighted by atomic mass is 10.1. The second-order valence-corrected chi connectivity index (χ2v) is 2.62. The number of aromatic nitrogens is 1. The third-order valence-corrected chi connectivity index (χ3v) is 1.72. The van der Waals surface area contributed by atoms with Crippen LogP contribution in [0.1, 0.15) is 18.1 Å². The molecule has 0 aliphatic rings. The SMILES string of the molecule is CCOc1c(C#N)c(N)nc(N)c1C#N. The van der Waals surface area contributed by atoms with E-state index in [1.165, 1.54) is 0 Å². The number of hydrogen-bond donors (Lipinski definition) is 2. The lowest BCUT2D eigenvalue weighted by molar-refractivity contribution is 0.338. The summed E-state index contributed by atoms with van der Waals surface area (Å²) >= 11 is 0. The first-order chi connectivity index (χ1) is 7.15. The van der Waals surface area contributed by atoms with Gasteiger partial charge in [0.05, 0.1) is 6.61 Å². The van der Waals surface area contributed by atoms with Gasteiger partial charge in [0, 0.05) is 0 Å². The summed E-state index contributed by atoms with van der Waals surface area (Å²) in [6.45, 7) is 2.04. The van der Waals surface area contributed by atoms with E-state index in [4.69, 9.17) is 26.7 Å². The van der Waals surface area contributed by atoms with Crippen LogP contribution >= 0.6 is 0 Å². The molecule has 1 heterocycles. The van der Waals surface area contributed by atoms with Gasteiger partial charge in [-0.3, -0.25) is 0 Å². The predicted molar refractivity (Wildman–Crippen MR) is 53.7 cm³/mol. The molecule has 0 radical (unpaired) electrons. The normalized spacial score (nSPS) is 9.00. The van der Waals surface area contributed by atoms with Crippen molar-refractivity contribution in [3.05, 3.63) is 11.1 Å². The Kier molecular flexibility index (Phi) is 2.94. The zero-order valence-corrected chi connectivity index (χ0v) is 8.11. The van der Waals surface area contributed by atoms with Gasteiger partial charge in [0.15, 0.2) is 5.75 Å². The Morgan fingerprint density at radius 2 is 1.67 bits per heavy atom. The summed E-state index contributed by atoms with van der Waals surface area (Å²) in [6.07, 6.45) is 0. The molecule has 1 aromatic rings. The van der Waals surface area contributed by atoms with Gasteiger partial charge < -0.3 is 16.2 Å². The molecule has 6 heteroatoms. The summed E-state index contributed by atoms with van der Waals surface area (Å²) in [5.41, 5.74) is 11.1. The number of nitrogen functional groups attached to an aromatic ring is 2. The molecule has 0 atom stereocenters. The smallest absolute Gasteiger partial charge is 0.162 e. The van der Waals surface area contributed by atoms with Crippen molar-refractivity contribution in [3.63, 3.8) is 0 Å². The van der Waals surface area contributed by atoms with Crippen LogP contribution in [0, 0.1) is 22.7 Å². The molecule has 0 aliphatic heterocycles. The Labute approximate surface area is 86.7 Å². The number of nitriles is 2. The highest BCUT2D eigenvalue weighted by Crippen LogP contribution is 2.30. The first kappa shape index (κ1) is 10.6. The molecule has 1 aromatic heterocycles. The lowest BCUT2D eigenvalue weighted by Crippen LogP contribution is -2.07. The van der Waals surface area contributed by atoms with Crippen LogP contribution in [0.4, 0.5) is 11.6 Å². The second kappa shape index (κ2) is 4.16. The molecule has 0 aliphatic carbocycles. The fourth-order valence-corrected chi connectivity index (χ4v) is 1.10. The number of rotatable bonds is 2. The molecule has 0 saturated carbocycles. The molecule has 0 amide bonds. The van der Waals surface area contributed by atoms with E-state index in [9.17, 15) is 0 Å². The summed E-state index contributed by atoms with van der Waals surface area (Å²) in [5, 5.41) is 17.7. The van der Waals surface area contributed by atoms with E-state index in [0.29, 0.717) is 6.61 Å². The van der Waals surface area contributed by atoms with Crippen molar-refractivity contribution in [2.75, 3.05) is 18.1 Å². The standard InChI is InChI=1S/C9H9N5O/c1-2-15-7-5(3-10)8(12)14-9(13)6(7)4-11/h2H2,1H3,(H4,12,13,14). The quantitative estimate of drug-likeness (QED) is 0.716. The van der Waals surface area contributed by atoms with Crippen LogP contribution < -0.4 is 16.2 Å². The van der Waals surface area contributed by atoms with Gasteiger partial charge in [-0.05, 0) is 6.92 Å². The molecule has 15 heavy (non-hydrogen) atoms. The highest BCUT2D eigenvalue weighted by Gasteiger charge is 2.17. The van der Waals surface area contributed by atoms with E-state index >= 15 is 0 Å². The van der Waals surface area contributed by atoms with Crippen LogP contribution in [0.5, 0.6) is 5.75 Å². The highest BCUT2D eigenvalue weighted by atomic mass is 16.5. The Balaban J connectivity index is 3.54. The Hall–Kier alpha value is -2.47. The first-order valence-electron chi connectivity index (χ1n) is 4.17. The summed E-state index contributed by atoms with van der Waals surface area (Å²) in [6, 6.07) is 3.66. The van der Waals surface area contributed by atoms with Gasteiger partial charge in [-0.1, -0.05) is 0 Å². The number of anilines is 2. The highest BCUT2D eigenvalue weighted by molar-refractivity contribution is 5.69. The zero-order chi connectivity index (χ0) is 11.4. The van der Waals surface area contributed by atoms with Gasteiger partial charge in [0.2, 0.25) is 0 Å². The lowest BCUT2D eigenvalue weighted by Gasteiger charge is -2.10. The number of pyridine rings is 1. The Morgan fingerprint density at radius 3 is 2.00 bits per heavy atom. The minimum atomic E-state index is -0.0301. The maximum Gasteiger partial charge on any atom is 0.162 e. The molecule has 0 spiro atoms. The minimum absolute atomic E-state index is 0.0301. The molecule has 0 aromatic carbocycles. The minimum Gasteiger partial charge on any atom is -0.491 e. The van der Waals surface area contributed by atoms with E-state index < -0.39 is 0 Å². The van der Waals surface area contributed by atoms with E-state index in [0.717, 1.165) is 0 Å². The largest absolute Gasteiger partial charge is 0.491 e. The third kappa shape index (κ3) is 1.74. The molecule has 0 fully saturated rings. The van der Waals surface area contributed by atoms with E-state index in [1.54, 1.807) is 6.92 Å². The van der Waals surface area contributed by atoms with Crippen molar-refractivity contribution in [3.8, 4) is 17.9 Å². The Morgan fingerprint density at radius 1 is 1.20 bits per heavy atom. The van der Waals surface area contributed by atoms with Crippen LogP contribution in [-0.2, 0) is 0 Å². The first-order valence-corrected chi connectivity index (χ1v) is 4.17. The van der Waals surface area contributed by atoms with Crippen LogP contribution in [0.2, 0.25) is 0 Å². The summed E-state index contributed by atoms with van der Waals surface area (Å²) in [7, 11) is 0. The van der Waals surface area contributed by atoms with Crippen molar-refractivity contribution >= 4 is 11.6 Å². The number of nitrogens with two attached hydrogens (primary N) is 2. The van der Waals surface area contributed by atoms with Crippen LogP contribution in [-0.4, -0.2) is 11.6 Å². The van der Waals surface area contributed by atoms with Gasteiger partial charge in [0.1, 0.15) is 34.9 Å². The van der Waals surface area contributed by atoms with Crippen molar-refractivity contribution < 1.29 is 4.74 Å². The van der Waals surface area contributed by atoms with Gasteiger partial charge in [0.25, 0.3) is 0 Å². The van der Waals surface area contributed by atoms with Crippen molar-refractivity contribution in [1.82, 2.24) is 4.98 Å². The van der Waals surface area contributed by atoms with E-state index in [2.05, 4.69) is 4.98 Å².